The average Bonchev–Trinajstić information content (AvgIpc) is 3.13. The number of oxime groups is 1. The van der Waals surface area contributed by atoms with E-state index in [9.17, 15) is 4.79 Å². The van der Waals surface area contributed by atoms with Crippen LogP contribution in [0, 0.1) is 0 Å². The normalized spacial score (nSPS) is 18.0. The lowest BCUT2D eigenvalue weighted by molar-refractivity contribution is 0.0974. The van der Waals surface area contributed by atoms with Crippen LogP contribution in [0.15, 0.2) is 57.4 Å². The summed E-state index contributed by atoms with van der Waals surface area (Å²) >= 11 is 1.59. The van der Waals surface area contributed by atoms with Crippen LogP contribution in [0.25, 0.3) is 0 Å². The number of fused-ring (bicyclic) bond motifs is 2. The van der Waals surface area contributed by atoms with Crippen LogP contribution in [0.4, 0.5) is 5.69 Å². The quantitative estimate of drug-likeness (QED) is 0.372. The van der Waals surface area contributed by atoms with Crippen molar-refractivity contribution in [2.45, 2.75) is 41.5 Å². The Hall–Kier alpha value is -2.47. The van der Waals surface area contributed by atoms with Crippen LogP contribution in [0.5, 0.6) is 0 Å². The van der Waals surface area contributed by atoms with Gasteiger partial charge in [-0.25, -0.2) is 0 Å². The molecule has 25 heavy (non-hydrogen) atoms. The molecule has 4 rings (SSSR count). The van der Waals surface area contributed by atoms with Crippen molar-refractivity contribution in [3.05, 3.63) is 53.6 Å². The molecule has 3 N–H and O–H groups in total. The summed E-state index contributed by atoms with van der Waals surface area (Å²) in [4.78, 5) is 17.2. The van der Waals surface area contributed by atoms with Crippen LogP contribution in [-0.4, -0.2) is 23.0 Å². The van der Waals surface area contributed by atoms with Gasteiger partial charge in [-0.15, -0.1) is 0 Å². The molecule has 128 valence electrons. The third-order valence-corrected chi connectivity index (χ3v) is 6.01. The third kappa shape index (κ3) is 2.76. The molecular formula is C19H19N3O2S. The van der Waals surface area contributed by atoms with Crippen molar-refractivity contribution in [1.29, 1.82) is 0 Å². The summed E-state index contributed by atoms with van der Waals surface area (Å²) < 4.78 is 0. The Morgan fingerprint density at radius 2 is 1.92 bits per heavy atom. The van der Waals surface area contributed by atoms with Crippen molar-refractivity contribution in [3.8, 4) is 0 Å². The van der Waals surface area contributed by atoms with Gasteiger partial charge >= 0.3 is 0 Å². The number of carbonyl (C=O) groups is 1. The van der Waals surface area contributed by atoms with Gasteiger partial charge in [0.25, 0.3) is 5.91 Å². The molecule has 1 heterocycles. The number of anilines is 1. The number of hydrogen-bond donors (Lipinski definition) is 2. The van der Waals surface area contributed by atoms with E-state index < -0.39 is 0 Å². The lowest BCUT2D eigenvalue weighted by Gasteiger charge is -2.29. The molecule has 2 aromatic rings. The fourth-order valence-electron chi connectivity index (χ4n) is 3.62. The first-order valence-corrected chi connectivity index (χ1v) is 9.23. The lowest BCUT2D eigenvalue weighted by Crippen LogP contribution is -2.39. The summed E-state index contributed by atoms with van der Waals surface area (Å²) in [5.74, 6) is 0.0822. The maximum atomic E-state index is 13.3. The summed E-state index contributed by atoms with van der Waals surface area (Å²) in [6.07, 6.45) is 4.29. The van der Waals surface area contributed by atoms with Gasteiger partial charge in [-0.1, -0.05) is 41.9 Å². The largest absolute Gasteiger partial charge is 0.409 e. The molecule has 1 fully saturated rings. The zero-order valence-corrected chi connectivity index (χ0v) is 14.5. The van der Waals surface area contributed by atoms with Gasteiger partial charge in [0, 0.05) is 21.4 Å². The smallest absolute Gasteiger partial charge is 0.259 e. The van der Waals surface area contributed by atoms with E-state index in [0.717, 1.165) is 46.7 Å². The molecule has 0 aromatic heterocycles. The number of benzene rings is 2. The molecule has 0 spiro atoms. The second kappa shape index (κ2) is 6.44. The van der Waals surface area contributed by atoms with Crippen molar-refractivity contribution in [1.82, 2.24) is 0 Å². The van der Waals surface area contributed by atoms with Crippen molar-refractivity contribution < 1.29 is 10.0 Å². The van der Waals surface area contributed by atoms with E-state index >= 15 is 0 Å². The second-order valence-corrected chi connectivity index (χ2v) is 7.46. The molecule has 0 radical (unpaired) electrons. The molecule has 0 bridgehead atoms. The minimum absolute atomic E-state index is 0.0328. The first-order valence-electron chi connectivity index (χ1n) is 8.41. The first-order chi connectivity index (χ1) is 12.2. The van der Waals surface area contributed by atoms with E-state index in [1.807, 2.05) is 47.4 Å². The number of rotatable bonds is 2. The minimum Gasteiger partial charge on any atom is -0.409 e. The molecular weight excluding hydrogens is 334 g/mol. The van der Waals surface area contributed by atoms with Crippen LogP contribution in [0.1, 0.15) is 41.6 Å². The summed E-state index contributed by atoms with van der Waals surface area (Å²) in [5, 5.41) is 12.1. The van der Waals surface area contributed by atoms with E-state index in [2.05, 4.69) is 5.16 Å². The molecule has 0 saturated heterocycles. The Bertz CT molecular complexity index is 859. The summed E-state index contributed by atoms with van der Waals surface area (Å²) in [6, 6.07) is 13.6. The number of nitrogens with zero attached hydrogens (tertiary/aromatic N) is 2. The molecule has 1 aliphatic carbocycles. The number of nitrogens with two attached hydrogens (primary N) is 1. The van der Waals surface area contributed by atoms with Gasteiger partial charge in [-0.05, 0) is 43.2 Å². The van der Waals surface area contributed by atoms with Gasteiger partial charge in [-0.3, -0.25) is 4.79 Å². The number of carbonyl (C=O) groups excluding carboxylic acids is 1. The molecule has 2 aliphatic rings. The molecule has 1 aliphatic heterocycles. The van der Waals surface area contributed by atoms with Gasteiger partial charge in [0.2, 0.25) is 0 Å². The maximum absolute atomic E-state index is 13.3. The van der Waals surface area contributed by atoms with Crippen LogP contribution >= 0.6 is 11.8 Å². The van der Waals surface area contributed by atoms with E-state index in [-0.39, 0.29) is 17.8 Å². The number of amides is 1. The molecule has 6 heteroatoms. The fraction of sp³-hybridized carbons (Fsp3) is 0.263. The highest BCUT2D eigenvalue weighted by atomic mass is 32.2. The first kappa shape index (κ1) is 16.0. The highest BCUT2D eigenvalue weighted by molar-refractivity contribution is 7.99. The van der Waals surface area contributed by atoms with Crippen LogP contribution in [-0.2, 0) is 0 Å². The topological polar surface area (TPSA) is 78.9 Å². The van der Waals surface area contributed by atoms with E-state index in [0.29, 0.717) is 5.56 Å². The van der Waals surface area contributed by atoms with E-state index in [1.54, 1.807) is 11.8 Å². The minimum atomic E-state index is 0.0328. The summed E-state index contributed by atoms with van der Waals surface area (Å²) in [5.41, 5.74) is 7.97. The van der Waals surface area contributed by atoms with E-state index in [1.165, 1.54) is 0 Å². The standard InChI is InChI=1S/C19H19N3O2S/c20-18(21-24)12-9-10-17-15(11-12)22(13-5-1-2-6-13)19(23)14-7-3-4-8-16(14)25-17/h3-4,7-11,13,24H,1-2,5-6H2,(H2,20,21). The molecule has 0 atom stereocenters. The SMILES string of the molecule is N/C(=N/O)c1ccc2c(c1)N(C1CCCC1)C(=O)c1ccccc1S2. The zero-order chi connectivity index (χ0) is 17.4. The Labute approximate surface area is 150 Å². The van der Waals surface area contributed by atoms with Gasteiger partial charge in [-0.2, -0.15) is 0 Å². The third-order valence-electron chi connectivity index (χ3n) is 4.87. The summed E-state index contributed by atoms with van der Waals surface area (Å²) in [6.45, 7) is 0. The Kier molecular flexibility index (Phi) is 4.13. The van der Waals surface area contributed by atoms with Crippen molar-refractivity contribution >= 4 is 29.2 Å². The van der Waals surface area contributed by atoms with Crippen LogP contribution in [0.2, 0.25) is 0 Å². The van der Waals surface area contributed by atoms with Gasteiger partial charge in [0.05, 0.1) is 11.3 Å². The fourth-order valence-corrected chi connectivity index (χ4v) is 4.67. The number of hydrogen-bond acceptors (Lipinski definition) is 4. The average molecular weight is 353 g/mol. The second-order valence-electron chi connectivity index (χ2n) is 6.38. The highest BCUT2D eigenvalue weighted by Crippen LogP contribution is 2.44. The van der Waals surface area contributed by atoms with Crippen LogP contribution < -0.4 is 10.6 Å². The summed E-state index contributed by atoms with van der Waals surface area (Å²) in [7, 11) is 0. The van der Waals surface area contributed by atoms with Crippen LogP contribution in [0.3, 0.4) is 0 Å². The molecule has 2 aromatic carbocycles. The van der Waals surface area contributed by atoms with Gasteiger partial charge < -0.3 is 15.8 Å². The predicted molar refractivity (Wildman–Crippen MR) is 98.6 cm³/mol. The van der Waals surface area contributed by atoms with Crippen molar-refractivity contribution in [2.24, 2.45) is 10.9 Å². The predicted octanol–water partition coefficient (Wildman–Crippen LogP) is 3.84. The zero-order valence-electron chi connectivity index (χ0n) is 13.7. The van der Waals surface area contributed by atoms with Crippen molar-refractivity contribution in [3.63, 3.8) is 0 Å². The van der Waals surface area contributed by atoms with Crippen molar-refractivity contribution in [2.75, 3.05) is 4.90 Å². The molecule has 1 amide bonds. The Balaban J connectivity index is 1.90. The van der Waals surface area contributed by atoms with E-state index in [4.69, 9.17) is 10.9 Å². The van der Waals surface area contributed by atoms with Gasteiger partial charge in [0.1, 0.15) is 0 Å². The lowest BCUT2D eigenvalue weighted by atomic mass is 10.1. The number of amidine groups is 1. The Morgan fingerprint density at radius 3 is 2.68 bits per heavy atom. The van der Waals surface area contributed by atoms with Gasteiger partial charge in [0.15, 0.2) is 5.84 Å². The molecule has 0 unspecified atom stereocenters. The maximum Gasteiger partial charge on any atom is 0.259 e. The molecule has 5 nitrogen and oxygen atoms in total. The highest BCUT2D eigenvalue weighted by Gasteiger charge is 2.34. The molecule has 1 saturated carbocycles. The Morgan fingerprint density at radius 1 is 1.16 bits per heavy atom. The monoisotopic (exact) mass is 353 g/mol.